The van der Waals surface area contributed by atoms with E-state index in [1.165, 1.54) is 26.1 Å². The lowest BCUT2D eigenvalue weighted by Crippen LogP contribution is -2.23. The van der Waals surface area contributed by atoms with Gasteiger partial charge in [-0.05, 0) is 49.1 Å². The molecule has 0 aliphatic heterocycles. The fourth-order valence-electron chi connectivity index (χ4n) is 3.20. The van der Waals surface area contributed by atoms with Crippen LogP contribution in [0.1, 0.15) is 22.4 Å². The number of rotatable bonds is 4. The van der Waals surface area contributed by atoms with Gasteiger partial charge in [0.1, 0.15) is 11.5 Å². The topological polar surface area (TPSA) is 78.9 Å². The van der Waals surface area contributed by atoms with Crippen molar-refractivity contribution in [2.24, 2.45) is 7.05 Å². The second-order valence-electron chi connectivity index (χ2n) is 6.39. The Balaban J connectivity index is 2.17. The smallest absolute Gasteiger partial charge is 0.278 e. The third-order valence-electron chi connectivity index (χ3n) is 4.62. The van der Waals surface area contributed by atoms with Crippen LogP contribution >= 0.6 is 11.6 Å². The van der Waals surface area contributed by atoms with Crippen LogP contribution in [0.5, 0.6) is 5.75 Å². The Hall–Kier alpha value is -3.17. The molecule has 7 heteroatoms. The molecule has 0 bridgehead atoms. The molecule has 1 heterocycles. The van der Waals surface area contributed by atoms with Gasteiger partial charge in [0.15, 0.2) is 5.75 Å². The van der Waals surface area contributed by atoms with Crippen LogP contribution in [0, 0.1) is 24.1 Å². The molecule has 0 unspecified atom stereocenters. The van der Waals surface area contributed by atoms with E-state index in [4.69, 9.17) is 11.6 Å². The predicted octanol–water partition coefficient (Wildman–Crippen LogP) is 3.91. The summed E-state index contributed by atoms with van der Waals surface area (Å²) >= 11 is 6.34. The van der Waals surface area contributed by atoms with Crippen LogP contribution in [-0.4, -0.2) is 14.9 Å². The molecule has 0 saturated carbocycles. The van der Waals surface area contributed by atoms with E-state index >= 15 is 0 Å². The molecule has 1 aromatic heterocycles. The van der Waals surface area contributed by atoms with E-state index in [0.29, 0.717) is 17.5 Å². The highest BCUT2D eigenvalue weighted by atomic mass is 35.5. The number of halogens is 2. The highest BCUT2D eigenvalue weighted by molar-refractivity contribution is 6.31. The van der Waals surface area contributed by atoms with Gasteiger partial charge in [-0.1, -0.05) is 29.8 Å². The number of aromatic nitrogens is 2. The zero-order valence-electron chi connectivity index (χ0n) is 15.3. The van der Waals surface area contributed by atoms with Gasteiger partial charge in [0.25, 0.3) is 5.56 Å². The van der Waals surface area contributed by atoms with Crippen molar-refractivity contribution in [1.29, 1.82) is 5.26 Å². The van der Waals surface area contributed by atoms with Crippen LogP contribution in [0.25, 0.3) is 11.1 Å². The first-order chi connectivity index (χ1) is 13.3. The van der Waals surface area contributed by atoms with Gasteiger partial charge in [0.2, 0.25) is 0 Å². The zero-order valence-corrected chi connectivity index (χ0v) is 16.1. The predicted molar refractivity (Wildman–Crippen MR) is 105 cm³/mol. The average Bonchev–Trinajstić information content (AvgIpc) is 2.68. The molecule has 3 rings (SSSR count). The summed E-state index contributed by atoms with van der Waals surface area (Å²) in [6, 6.07) is 11.8. The number of nitriles is 1. The van der Waals surface area contributed by atoms with Gasteiger partial charge in [-0.3, -0.25) is 4.79 Å². The van der Waals surface area contributed by atoms with E-state index in [1.54, 1.807) is 12.1 Å². The molecular formula is C21H17ClFN3O2. The average molecular weight is 398 g/mol. The van der Waals surface area contributed by atoms with Crippen molar-refractivity contribution in [2.75, 3.05) is 0 Å². The fraction of sp³-hybridized carbons (Fsp3) is 0.190. The standard InChI is InChI=1S/C21H17ClFN3O2/c1-12-20(27)19(21(28)26(2)25-12)18-15(16(22)9-10-17(18)23)8-7-13-5-3-4-6-14(13)11-24/h3-6,9-10,27H,7-8H2,1-2H3. The van der Waals surface area contributed by atoms with Gasteiger partial charge in [-0.25, -0.2) is 9.07 Å². The number of benzene rings is 2. The lowest BCUT2D eigenvalue weighted by molar-refractivity contribution is 0.460. The van der Waals surface area contributed by atoms with Crippen LogP contribution in [0.3, 0.4) is 0 Å². The maximum atomic E-state index is 14.8. The van der Waals surface area contributed by atoms with Crippen molar-refractivity contribution in [3.63, 3.8) is 0 Å². The Labute approximate surface area is 166 Å². The van der Waals surface area contributed by atoms with Crippen LogP contribution in [0.15, 0.2) is 41.2 Å². The molecule has 1 N–H and O–H groups in total. The molecule has 5 nitrogen and oxygen atoms in total. The van der Waals surface area contributed by atoms with E-state index in [0.717, 1.165) is 10.2 Å². The third-order valence-corrected chi connectivity index (χ3v) is 4.98. The molecular weight excluding hydrogens is 381 g/mol. The summed E-state index contributed by atoms with van der Waals surface area (Å²) in [6.07, 6.45) is 0.708. The lowest BCUT2D eigenvalue weighted by atomic mass is 9.93. The number of aryl methyl sites for hydroxylation is 3. The molecule has 0 amide bonds. The van der Waals surface area contributed by atoms with Crippen LogP contribution in [-0.2, 0) is 19.9 Å². The minimum absolute atomic E-state index is 0.0365. The first-order valence-electron chi connectivity index (χ1n) is 8.57. The fourth-order valence-corrected chi connectivity index (χ4v) is 3.45. The number of aromatic hydroxyl groups is 1. The largest absolute Gasteiger partial charge is 0.505 e. The van der Waals surface area contributed by atoms with Gasteiger partial charge < -0.3 is 5.11 Å². The van der Waals surface area contributed by atoms with Gasteiger partial charge >= 0.3 is 0 Å². The molecule has 0 radical (unpaired) electrons. The molecule has 0 aliphatic carbocycles. The Morgan fingerprint density at radius 3 is 2.64 bits per heavy atom. The van der Waals surface area contributed by atoms with Crippen LogP contribution in [0.2, 0.25) is 5.02 Å². The second kappa shape index (κ2) is 7.83. The Morgan fingerprint density at radius 1 is 1.21 bits per heavy atom. The first-order valence-corrected chi connectivity index (χ1v) is 8.95. The number of nitrogens with zero attached hydrogens (tertiary/aromatic N) is 3. The summed E-state index contributed by atoms with van der Waals surface area (Å²) in [7, 11) is 1.43. The van der Waals surface area contributed by atoms with Crippen molar-refractivity contribution in [3.05, 3.63) is 80.0 Å². The number of hydrogen-bond acceptors (Lipinski definition) is 4. The van der Waals surface area contributed by atoms with E-state index in [-0.39, 0.29) is 34.0 Å². The monoisotopic (exact) mass is 397 g/mol. The van der Waals surface area contributed by atoms with Crippen LogP contribution in [0.4, 0.5) is 4.39 Å². The first kappa shape index (κ1) is 19.6. The molecule has 0 atom stereocenters. The minimum atomic E-state index is -0.661. The lowest BCUT2D eigenvalue weighted by Gasteiger charge is -2.15. The van der Waals surface area contributed by atoms with Gasteiger partial charge in [-0.2, -0.15) is 10.4 Å². The van der Waals surface area contributed by atoms with E-state index < -0.39 is 11.4 Å². The molecule has 0 saturated heterocycles. The second-order valence-corrected chi connectivity index (χ2v) is 6.80. The van der Waals surface area contributed by atoms with E-state index in [2.05, 4.69) is 11.2 Å². The maximum absolute atomic E-state index is 14.8. The van der Waals surface area contributed by atoms with Gasteiger partial charge in [-0.15, -0.1) is 0 Å². The molecule has 142 valence electrons. The normalized spacial score (nSPS) is 10.7. The van der Waals surface area contributed by atoms with E-state index in [9.17, 15) is 19.6 Å². The quantitative estimate of drug-likeness (QED) is 0.723. The Bertz CT molecular complexity index is 1170. The molecule has 2 aromatic carbocycles. The molecule has 28 heavy (non-hydrogen) atoms. The minimum Gasteiger partial charge on any atom is -0.505 e. The molecule has 3 aromatic rings. The summed E-state index contributed by atoms with van der Waals surface area (Å²) in [6.45, 7) is 1.53. The van der Waals surface area contributed by atoms with Crippen molar-refractivity contribution in [2.45, 2.75) is 19.8 Å². The van der Waals surface area contributed by atoms with Gasteiger partial charge in [0, 0.05) is 17.6 Å². The summed E-state index contributed by atoms with van der Waals surface area (Å²) in [5.74, 6) is -1.03. The summed E-state index contributed by atoms with van der Waals surface area (Å²) in [4.78, 5) is 12.6. The van der Waals surface area contributed by atoms with Crippen molar-refractivity contribution < 1.29 is 9.50 Å². The van der Waals surface area contributed by atoms with Crippen LogP contribution < -0.4 is 5.56 Å². The summed E-state index contributed by atoms with van der Waals surface area (Å²) in [5.41, 5.74) is 1.09. The zero-order chi connectivity index (χ0) is 20.4. The third kappa shape index (κ3) is 3.49. The number of hydrogen-bond donors (Lipinski definition) is 1. The molecule has 0 fully saturated rings. The van der Waals surface area contributed by atoms with Crippen molar-refractivity contribution >= 4 is 11.6 Å². The Morgan fingerprint density at radius 2 is 1.93 bits per heavy atom. The SMILES string of the molecule is Cc1nn(C)c(=O)c(-c2c(F)ccc(Cl)c2CCc2ccccc2C#N)c1O. The summed E-state index contributed by atoms with van der Waals surface area (Å²) in [5, 5.41) is 23.9. The van der Waals surface area contributed by atoms with Gasteiger partial charge in [0.05, 0.1) is 17.2 Å². The Kier molecular flexibility index (Phi) is 5.48. The van der Waals surface area contributed by atoms with Crippen molar-refractivity contribution in [3.8, 4) is 22.9 Å². The van der Waals surface area contributed by atoms with E-state index in [1.807, 2.05) is 12.1 Å². The molecule has 0 spiro atoms. The molecule has 0 aliphatic rings. The highest BCUT2D eigenvalue weighted by Gasteiger charge is 2.23. The summed E-state index contributed by atoms with van der Waals surface area (Å²) < 4.78 is 15.9. The highest BCUT2D eigenvalue weighted by Crippen LogP contribution is 2.36. The maximum Gasteiger partial charge on any atom is 0.278 e. The van der Waals surface area contributed by atoms with Crippen molar-refractivity contribution in [1.82, 2.24) is 9.78 Å².